The molecule has 0 bridgehead atoms. The first-order valence-corrected chi connectivity index (χ1v) is 9.49. The fourth-order valence-corrected chi connectivity index (χ4v) is 2.87. The maximum Gasteiger partial charge on any atom is 0.260 e. The van der Waals surface area contributed by atoms with E-state index in [9.17, 15) is 4.79 Å². The smallest absolute Gasteiger partial charge is 0.260 e. The molecule has 0 unspecified atom stereocenters. The first kappa shape index (κ1) is 19.8. The van der Waals surface area contributed by atoms with Crippen LogP contribution in [0.25, 0.3) is 11.4 Å². The second-order valence-electron chi connectivity index (χ2n) is 6.36. The van der Waals surface area contributed by atoms with Gasteiger partial charge >= 0.3 is 0 Å². The number of aromatic nitrogens is 2. The average Bonchev–Trinajstić information content (AvgIpc) is 2.71. The summed E-state index contributed by atoms with van der Waals surface area (Å²) in [6.45, 7) is 4.91. The number of ether oxygens (including phenoxy) is 1. The van der Waals surface area contributed by atoms with Gasteiger partial charge in [0, 0.05) is 35.4 Å². The number of hydrogen-bond donors (Lipinski definition) is 0. The minimum Gasteiger partial charge on any atom is -0.467 e. The highest BCUT2D eigenvalue weighted by Gasteiger charge is 2.14. The summed E-state index contributed by atoms with van der Waals surface area (Å²) >= 11 is 5.94. The molecule has 3 rings (SSSR count). The molecule has 3 aromatic rings. The van der Waals surface area contributed by atoms with Gasteiger partial charge in [-0.15, -0.1) is 0 Å². The van der Waals surface area contributed by atoms with Crippen LogP contribution in [0.1, 0.15) is 18.2 Å². The number of halogens is 1. The molecule has 0 aliphatic rings. The van der Waals surface area contributed by atoms with Crippen LogP contribution in [0.15, 0.2) is 60.7 Å². The van der Waals surface area contributed by atoms with Crippen molar-refractivity contribution >= 4 is 17.5 Å². The highest BCUT2D eigenvalue weighted by atomic mass is 35.5. The van der Waals surface area contributed by atoms with E-state index in [0.29, 0.717) is 29.8 Å². The van der Waals surface area contributed by atoms with Gasteiger partial charge in [0.25, 0.3) is 5.91 Å². The van der Waals surface area contributed by atoms with E-state index in [4.69, 9.17) is 16.3 Å². The van der Waals surface area contributed by atoms with E-state index >= 15 is 0 Å². The van der Waals surface area contributed by atoms with Crippen molar-refractivity contribution in [2.75, 3.05) is 13.2 Å². The van der Waals surface area contributed by atoms with Crippen LogP contribution < -0.4 is 4.74 Å². The van der Waals surface area contributed by atoms with Gasteiger partial charge in [-0.25, -0.2) is 4.98 Å². The lowest BCUT2D eigenvalue weighted by molar-refractivity contribution is -0.133. The maximum atomic E-state index is 12.6. The highest BCUT2D eigenvalue weighted by Crippen LogP contribution is 2.21. The molecule has 0 aliphatic carbocycles. The van der Waals surface area contributed by atoms with E-state index in [1.54, 1.807) is 23.1 Å². The van der Waals surface area contributed by atoms with Crippen LogP contribution in [0.4, 0.5) is 0 Å². The molecule has 0 saturated heterocycles. The van der Waals surface area contributed by atoms with Gasteiger partial charge in [-0.05, 0) is 43.7 Å². The van der Waals surface area contributed by atoms with Crippen LogP contribution in [0.5, 0.6) is 5.88 Å². The van der Waals surface area contributed by atoms with Crippen molar-refractivity contribution in [3.8, 4) is 17.3 Å². The van der Waals surface area contributed by atoms with Gasteiger partial charge < -0.3 is 9.64 Å². The highest BCUT2D eigenvalue weighted by molar-refractivity contribution is 6.30. The molecule has 0 fully saturated rings. The molecule has 5 nitrogen and oxygen atoms in total. The predicted octanol–water partition coefficient (Wildman–Crippen LogP) is 4.53. The molecule has 6 heteroatoms. The van der Waals surface area contributed by atoms with Crippen molar-refractivity contribution in [2.24, 2.45) is 0 Å². The summed E-state index contributed by atoms with van der Waals surface area (Å²) in [5.74, 6) is 0.827. The fourth-order valence-electron chi connectivity index (χ4n) is 2.75. The molecule has 0 radical (unpaired) electrons. The molecule has 144 valence electrons. The Balaban J connectivity index is 1.67. The minimum absolute atomic E-state index is 0.0722. The second kappa shape index (κ2) is 9.33. The third-order valence-electron chi connectivity index (χ3n) is 4.23. The first-order valence-electron chi connectivity index (χ1n) is 9.11. The van der Waals surface area contributed by atoms with Crippen LogP contribution >= 0.6 is 11.6 Å². The number of hydrogen-bond acceptors (Lipinski definition) is 4. The third-order valence-corrected chi connectivity index (χ3v) is 4.48. The van der Waals surface area contributed by atoms with Crippen molar-refractivity contribution < 1.29 is 9.53 Å². The molecule has 2 aromatic carbocycles. The number of rotatable bonds is 7. The van der Waals surface area contributed by atoms with Crippen LogP contribution in [0.3, 0.4) is 0 Å². The third kappa shape index (κ3) is 5.30. The Labute approximate surface area is 170 Å². The summed E-state index contributed by atoms with van der Waals surface area (Å²) < 4.78 is 5.69. The van der Waals surface area contributed by atoms with E-state index in [1.165, 1.54) is 0 Å². The zero-order chi connectivity index (χ0) is 19.9. The van der Waals surface area contributed by atoms with Gasteiger partial charge in [-0.2, -0.15) is 4.98 Å². The Morgan fingerprint density at radius 3 is 2.46 bits per heavy atom. The molecule has 1 heterocycles. The van der Waals surface area contributed by atoms with Crippen LogP contribution in [-0.2, 0) is 11.3 Å². The van der Waals surface area contributed by atoms with Gasteiger partial charge in [0.1, 0.15) is 0 Å². The summed E-state index contributed by atoms with van der Waals surface area (Å²) in [6, 6.07) is 18.9. The van der Waals surface area contributed by atoms with Crippen molar-refractivity contribution in [1.29, 1.82) is 0 Å². The van der Waals surface area contributed by atoms with Crippen molar-refractivity contribution in [2.45, 2.75) is 20.4 Å². The summed E-state index contributed by atoms with van der Waals surface area (Å²) in [5, 5.41) is 0.650. The molecule has 28 heavy (non-hydrogen) atoms. The lowest BCUT2D eigenvalue weighted by Gasteiger charge is -2.21. The average molecular weight is 396 g/mol. The number of likely N-dealkylation sites (N-methyl/N-ethyl adjacent to an activating group) is 1. The summed E-state index contributed by atoms with van der Waals surface area (Å²) in [7, 11) is 0. The summed E-state index contributed by atoms with van der Waals surface area (Å²) in [6.07, 6.45) is 0. The van der Waals surface area contributed by atoms with Gasteiger partial charge in [0.15, 0.2) is 12.4 Å². The first-order chi connectivity index (χ1) is 13.5. The second-order valence-corrected chi connectivity index (χ2v) is 6.80. The zero-order valence-electron chi connectivity index (χ0n) is 15.9. The predicted molar refractivity (Wildman–Crippen MR) is 110 cm³/mol. The monoisotopic (exact) mass is 395 g/mol. The Hall–Kier alpha value is -2.92. The molecule has 0 atom stereocenters. The number of nitrogens with zero attached hydrogens (tertiary/aromatic N) is 3. The number of carbonyl (C=O) groups excluding carboxylic acids is 1. The molecule has 1 amide bonds. The quantitative estimate of drug-likeness (QED) is 0.589. The molecular weight excluding hydrogens is 374 g/mol. The van der Waals surface area contributed by atoms with E-state index in [-0.39, 0.29) is 12.5 Å². The summed E-state index contributed by atoms with van der Waals surface area (Å²) in [4.78, 5) is 23.2. The molecule has 1 aromatic heterocycles. The largest absolute Gasteiger partial charge is 0.467 e. The van der Waals surface area contributed by atoms with Crippen molar-refractivity contribution in [3.63, 3.8) is 0 Å². The number of benzene rings is 2. The zero-order valence-corrected chi connectivity index (χ0v) is 16.7. The Morgan fingerprint density at radius 1 is 1.07 bits per heavy atom. The van der Waals surface area contributed by atoms with Crippen LogP contribution in [-0.4, -0.2) is 33.9 Å². The molecule has 0 aliphatic heterocycles. The number of amides is 1. The van der Waals surface area contributed by atoms with Crippen molar-refractivity contribution in [3.05, 3.63) is 76.9 Å². The minimum atomic E-state index is -0.0874. The SMILES string of the molecule is CCN(Cc1ccccc1)C(=O)COc1cc(C)nc(-c2ccc(Cl)cc2)n1. The van der Waals surface area contributed by atoms with Crippen LogP contribution in [0.2, 0.25) is 5.02 Å². The van der Waals surface area contributed by atoms with Gasteiger partial charge in [0.05, 0.1) is 0 Å². The maximum absolute atomic E-state index is 12.6. The normalized spacial score (nSPS) is 10.5. The molecule has 0 saturated carbocycles. The Morgan fingerprint density at radius 2 is 1.79 bits per heavy atom. The van der Waals surface area contributed by atoms with E-state index in [1.807, 2.05) is 56.3 Å². The Bertz CT molecular complexity index is 930. The van der Waals surface area contributed by atoms with E-state index in [2.05, 4.69) is 9.97 Å². The van der Waals surface area contributed by atoms with E-state index in [0.717, 1.165) is 16.8 Å². The lowest BCUT2D eigenvalue weighted by Crippen LogP contribution is -2.34. The van der Waals surface area contributed by atoms with Crippen molar-refractivity contribution in [1.82, 2.24) is 14.9 Å². The topological polar surface area (TPSA) is 55.3 Å². The number of carbonyl (C=O) groups is 1. The van der Waals surface area contributed by atoms with Gasteiger partial charge in [-0.3, -0.25) is 4.79 Å². The van der Waals surface area contributed by atoms with Gasteiger partial charge in [0.2, 0.25) is 5.88 Å². The summed E-state index contributed by atoms with van der Waals surface area (Å²) in [5.41, 5.74) is 2.68. The standard InChI is InChI=1S/C22H22ClN3O2/c1-3-26(14-17-7-5-4-6-8-17)21(27)15-28-20-13-16(2)24-22(25-20)18-9-11-19(23)12-10-18/h4-13H,3,14-15H2,1-2H3. The molecule has 0 spiro atoms. The van der Waals surface area contributed by atoms with Crippen LogP contribution in [0, 0.1) is 6.92 Å². The lowest BCUT2D eigenvalue weighted by atomic mass is 10.2. The molecule has 0 N–H and O–H groups in total. The van der Waals surface area contributed by atoms with E-state index < -0.39 is 0 Å². The Kier molecular flexibility index (Phi) is 6.61. The number of aryl methyl sites for hydroxylation is 1. The molecular formula is C22H22ClN3O2. The van der Waals surface area contributed by atoms with Gasteiger partial charge in [-0.1, -0.05) is 41.9 Å². The fraction of sp³-hybridized carbons (Fsp3) is 0.227.